The molecule has 0 aliphatic rings. The van der Waals surface area contributed by atoms with Crippen molar-refractivity contribution in [2.75, 3.05) is 7.11 Å². The highest BCUT2D eigenvalue weighted by molar-refractivity contribution is 7.98. The first-order valence-corrected chi connectivity index (χ1v) is 8.95. The van der Waals surface area contributed by atoms with E-state index in [1.54, 1.807) is 6.07 Å². The second-order valence-electron chi connectivity index (χ2n) is 5.36. The molecule has 130 valence electrons. The van der Waals surface area contributed by atoms with E-state index >= 15 is 0 Å². The van der Waals surface area contributed by atoms with Crippen molar-refractivity contribution in [1.82, 2.24) is 14.8 Å². The van der Waals surface area contributed by atoms with E-state index in [1.807, 2.05) is 18.2 Å². The summed E-state index contributed by atoms with van der Waals surface area (Å²) in [5.74, 6) is 1.26. The number of aromatic nitrogens is 3. The zero-order chi connectivity index (χ0) is 17.6. The topological polar surface area (TPSA) is 70.2 Å². The lowest BCUT2D eigenvalue weighted by molar-refractivity contribution is 0.0564. The molecule has 0 saturated heterocycles. The Hall–Kier alpha value is -2.54. The number of benzene rings is 1. The molecule has 0 radical (unpaired) electrons. The van der Waals surface area contributed by atoms with Crippen LogP contribution in [0.4, 0.5) is 0 Å². The summed E-state index contributed by atoms with van der Waals surface area (Å²) < 4.78 is 12.0. The summed E-state index contributed by atoms with van der Waals surface area (Å²) >= 11 is 1.52. The number of ether oxygens (including phenoxy) is 1. The number of hydrogen-bond acceptors (Lipinski definition) is 6. The second kappa shape index (κ2) is 8.02. The summed E-state index contributed by atoms with van der Waals surface area (Å²) in [6, 6.07) is 12.0. The monoisotopic (exact) mass is 357 g/mol. The number of carbonyl (C=O) groups is 1. The van der Waals surface area contributed by atoms with Crippen LogP contribution in [0.1, 0.15) is 34.4 Å². The summed E-state index contributed by atoms with van der Waals surface area (Å²) in [4.78, 5) is 11.7. The summed E-state index contributed by atoms with van der Waals surface area (Å²) in [7, 11) is 1.34. The Morgan fingerprint density at radius 1 is 1.24 bits per heavy atom. The normalized spacial score (nSPS) is 10.8. The highest BCUT2D eigenvalue weighted by Gasteiger charge is 2.18. The quantitative estimate of drug-likeness (QED) is 0.476. The van der Waals surface area contributed by atoms with Crippen molar-refractivity contribution in [2.45, 2.75) is 30.8 Å². The average Bonchev–Trinajstić information content (AvgIpc) is 3.26. The van der Waals surface area contributed by atoms with Gasteiger partial charge in [-0.15, -0.1) is 10.2 Å². The number of furan rings is 1. The molecule has 0 N–H and O–H groups in total. The van der Waals surface area contributed by atoms with Gasteiger partial charge in [-0.05, 0) is 18.6 Å². The lowest BCUT2D eigenvalue weighted by atomic mass is 10.1. The third-order valence-electron chi connectivity index (χ3n) is 3.79. The van der Waals surface area contributed by atoms with E-state index < -0.39 is 5.97 Å². The number of rotatable bonds is 7. The molecule has 0 bridgehead atoms. The maximum Gasteiger partial charge on any atom is 0.374 e. The van der Waals surface area contributed by atoms with Crippen LogP contribution in [-0.4, -0.2) is 27.8 Å². The van der Waals surface area contributed by atoms with Gasteiger partial charge in [-0.2, -0.15) is 0 Å². The average molecular weight is 357 g/mol. The van der Waals surface area contributed by atoms with Gasteiger partial charge < -0.3 is 13.7 Å². The Labute approximate surface area is 150 Å². The van der Waals surface area contributed by atoms with Crippen molar-refractivity contribution in [3.05, 3.63) is 65.4 Å². The molecule has 0 fully saturated rings. The van der Waals surface area contributed by atoms with Gasteiger partial charge in [-0.25, -0.2) is 4.79 Å². The van der Waals surface area contributed by atoms with Crippen molar-refractivity contribution in [3.63, 3.8) is 0 Å². The van der Waals surface area contributed by atoms with Crippen LogP contribution in [0, 0.1) is 0 Å². The van der Waals surface area contributed by atoms with Gasteiger partial charge in [0.05, 0.1) is 13.4 Å². The van der Waals surface area contributed by atoms with Crippen molar-refractivity contribution >= 4 is 17.7 Å². The van der Waals surface area contributed by atoms with Crippen LogP contribution >= 0.6 is 11.8 Å². The van der Waals surface area contributed by atoms with Crippen LogP contribution in [0.2, 0.25) is 0 Å². The van der Waals surface area contributed by atoms with Crippen molar-refractivity contribution in [2.24, 2.45) is 0 Å². The van der Waals surface area contributed by atoms with E-state index in [-0.39, 0.29) is 5.76 Å². The van der Waals surface area contributed by atoms with Crippen LogP contribution in [-0.2, 0) is 23.5 Å². The van der Waals surface area contributed by atoms with Crippen molar-refractivity contribution in [3.8, 4) is 0 Å². The SMILES string of the molecule is CCn1c(Cc2ccccc2)nnc1SCc1ccoc1C(=O)OC. The smallest absolute Gasteiger partial charge is 0.374 e. The third-order valence-corrected chi connectivity index (χ3v) is 4.80. The predicted molar refractivity (Wildman–Crippen MR) is 94.6 cm³/mol. The fraction of sp³-hybridized carbons (Fsp3) is 0.278. The molecule has 0 atom stereocenters. The first-order valence-electron chi connectivity index (χ1n) is 7.96. The molecule has 7 heteroatoms. The van der Waals surface area contributed by atoms with Crippen molar-refractivity contribution in [1.29, 1.82) is 0 Å². The molecule has 2 heterocycles. The maximum atomic E-state index is 11.7. The minimum Gasteiger partial charge on any atom is -0.463 e. The van der Waals surface area contributed by atoms with Crippen LogP contribution in [0.3, 0.4) is 0 Å². The lowest BCUT2D eigenvalue weighted by Gasteiger charge is -2.07. The predicted octanol–water partition coefficient (Wildman–Crippen LogP) is 3.56. The maximum absolute atomic E-state index is 11.7. The molecule has 3 aromatic rings. The zero-order valence-electron chi connectivity index (χ0n) is 14.1. The number of nitrogens with zero attached hydrogens (tertiary/aromatic N) is 3. The molecule has 6 nitrogen and oxygen atoms in total. The first kappa shape index (κ1) is 17.3. The largest absolute Gasteiger partial charge is 0.463 e. The number of carbonyl (C=O) groups excluding carboxylic acids is 1. The van der Waals surface area contributed by atoms with Gasteiger partial charge in [0, 0.05) is 24.3 Å². The van der Waals surface area contributed by atoms with Crippen molar-refractivity contribution < 1.29 is 13.9 Å². The molecule has 0 amide bonds. The van der Waals surface area contributed by atoms with Gasteiger partial charge >= 0.3 is 5.97 Å². The molecule has 0 aliphatic carbocycles. The molecule has 0 aliphatic heterocycles. The van der Waals surface area contributed by atoms with E-state index in [1.165, 1.54) is 30.7 Å². The standard InChI is InChI=1S/C18H19N3O3S/c1-3-21-15(11-13-7-5-4-6-8-13)19-20-18(21)25-12-14-9-10-24-16(14)17(22)23-2/h4-10H,3,11-12H2,1-2H3. The molecule has 25 heavy (non-hydrogen) atoms. The zero-order valence-corrected chi connectivity index (χ0v) is 15.0. The fourth-order valence-corrected chi connectivity index (χ4v) is 3.52. The molecular weight excluding hydrogens is 338 g/mol. The number of methoxy groups -OCH3 is 1. The molecule has 0 saturated carbocycles. The Bertz CT molecular complexity index is 842. The number of esters is 1. The Kier molecular flexibility index (Phi) is 5.55. The molecule has 1 aromatic carbocycles. The Morgan fingerprint density at radius 2 is 2.04 bits per heavy atom. The van der Waals surface area contributed by atoms with Gasteiger partial charge in [0.1, 0.15) is 5.82 Å². The molecule has 2 aromatic heterocycles. The van der Waals surface area contributed by atoms with Gasteiger partial charge in [0.25, 0.3) is 0 Å². The van der Waals surface area contributed by atoms with E-state index in [4.69, 9.17) is 9.15 Å². The van der Waals surface area contributed by atoms with Crippen LogP contribution in [0.25, 0.3) is 0 Å². The summed E-state index contributed by atoms with van der Waals surface area (Å²) in [5, 5.41) is 9.46. The van der Waals surface area contributed by atoms with E-state index in [0.29, 0.717) is 5.75 Å². The van der Waals surface area contributed by atoms with Gasteiger partial charge in [-0.1, -0.05) is 42.1 Å². The molecule has 0 unspecified atom stereocenters. The van der Waals surface area contributed by atoms with Crippen LogP contribution in [0.5, 0.6) is 0 Å². The van der Waals surface area contributed by atoms with E-state index in [2.05, 4.69) is 33.8 Å². The number of thioether (sulfide) groups is 1. The minimum absolute atomic E-state index is 0.238. The summed E-state index contributed by atoms with van der Waals surface area (Å²) in [6.07, 6.45) is 2.23. The van der Waals surface area contributed by atoms with Crippen LogP contribution in [0.15, 0.2) is 52.2 Å². The molecule has 0 spiro atoms. The van der Waals surface area contributed by atoms with Gasteiger partial charge in [0.15, 0.2) is 5.16 Å². The lowest BCUT2D eigenvalue weighted by Crippen LogP contribution is -2.05. The number of hydrogen-bond donors (Lipinski definition) is 0. The molecule has 3 rings (SSSR count). The van der Waals surface area contributed by atoms with Gasteiger partial charge in [0.2, 0.25) is 5.76 Å². The Morgan fingerprint density at radius 3 is 2.76 bits per heavy atom. The summed E-state index contributed by atoms with van der Waals surface area (Å²) in [6.45, 7) is 2.85. The highest BCUT2D eigenvalue weighted by Crippen LogP contribution is 2.25. The van der Waals surface area contributed by atoms with E-state index in [0.717, 1.165) is 29.5 Å². The first-order chi connectivity index (χ1) is 12.2. The molecular formula is C18H19N3O3S. The third kappa shape index (κ3) is 3.93. The minimum atomic E-state index is -0.470. The fourth-order valence-electron chi connectivity index (χ4n) is 2.52. The van der Waals surface area contributed by atoms with Gasteiger partial charge in [-0.3, -0.25) is 0 Å². The highest BCUT2D eigenvalue weighted by atomic mass is 32.2. The second-order valence-corrected chi connectivity index (χ2v) is 6.30. The van der Waals surface area contributed by atoms with Crippen LogP contribution < -0.4 is 0 Å². The Balaban J connectivity index is 1.73. The van der Waals surface area contributed by atoms with E-state index in [9.17, 15) is 4.79 Å². The summed E-state index contributed by atoms with van der Waals surface area (Å²) in [5.41, 5.74) is 1.98.